The smallest absolute Gasteiger partial charge is 0.411 e. The summed E-state index contributed by atoms with van der Waals surface area (Å²) in [5.74, 6) is -0.910. The SMILES string of the molecule is COC(=O)Nc1ccccc1[C@@H]1[C@@H](C(=O)OC)c2cc(OC)c(OC)cc2C(=O)N1CCCBr. The van der Waals surface area contributed by atoms with Gasteiger partial charge in [0, 0.05) is 23.1 Å². The summed E-state index contributed by atoms with van der Waals surface area (Å²) < 4.78 is 20.8. The number of carbonyl (C=O) groups is 3. The highest BCUT2D eigenvalue weighted by atomic mass is 79.9. The minimum Gasteiger partial charge on any atom is -0.493 e. The van der Waals surface area contributed by atoms with Gasteiger partial charge in [0.25, 0.3) is 5.91 Å². The Bertz CT molecular complexity index is 1080. The predicted octanol–water partition coefficient (Wildman–Crippen LogP) is 4.12. The third-order valence-electron chi connectivity index (χ3n) is 5.72. The fourth-order valence-corrected chi connectivity index (χ4v) is 4.45. The highest BCUT2D eigenvalue weighted by Crippen LogP contribution is 2.48. The lowest BCUT2D eigenvalue weighted by Crippen LogP contribution is -2.46. The molecule has 1 heterocycles. The van der Waals surface area contributed by atoms with Gasteiger partial charge in [0.15, 0.2) is 11.5 Å². The molecule has 0 saturated heterocycles. The number of esters is 1. The number of amides is 2. The number of para-hydroxylation sites is 1. The standard InChI is InChI=1S/C24H27BrN2O7/c1-31-18-12-15-16(13-19(18)32-2)22(28)27(11-7-10-25)21(20(15)23(29)33-3)14-8-5-6-9-17(14)26-24(30)34-4/h5-6,8-9,12-13,20-21H,7,10-11H2,1-4H3,(H,26,30)/t20-,21+/m0/s1. The van der Waals surface area contributed by atoms with E-state index in [1.807, 2.05) is 0 Å². The average Bonchev–Trinajstić information content (AvgIpc) is 2.87. The zero-order valence-corrected chi connectivity index (χ0v) is 21.0. The summed E-state index contributed by atoms with van der Waals surface area (Å²) in [5.41, 5.74) is 1.79. The molecule has 0 bridgehead atoms. The number of rotatable bonds is 8. The second-order valence-electron chi connectivity index (χ2n) is 7.49. The summed E-state index contributed by atoms with van der Waals surface area (Å²) in [6.07, 6.45) is -0.0197. The van der Waals surface area contributed by atoms with E-state index in [-0.39, 0.29) is 5.91 Å². The number of hydrogen-bond donors (Lipinski definition) is 1. The van der Waals surface area contributed by atoms with Crippen LogP contribution in [-0.4, -0.2) is 63.2 Å². The van der Waals surface area contributed by atoms with E-state index >= 15 is 0 Å². The summed E-state index contributed by atoms with van der Waals surface area (Å²) in [4.78, 5) is 40.6. The Morgan fingerprint density at radius 1 is 1.00 bits per heavy atom. The molecule has 0 unspecified atom stereocenters. The fraction of sp³-hybridized carbons (Fsp3) is 0.375. The van der Waals surface area contributed by atoms with Crippen molar-refractivity contribution < 1.29 is 33.3 Å². The number of carbonyl (C=O) groups excluding carboxylic acids is 3. The number of ether oxygens (including phenoxy) is 4. The van der Waals surface area contributed by atoms with E-state index in [0.717, 1.165) is 0 Å². The van der Waals surface area contributed by atoms with Gasteiger partial charge in [-0.25, -0.2) is 4.79 Å². The van der Waals surface area contributed by atoms with Crippen LogP contribution >= 0.6 is 15.9 Å². The van der Waals surface area contributed by atoms with Crippen molar-refractivity contribution in [1.29, 1.82) is 0 Å². The summed E-state index contributed by atoms with van der Waals surface area (Å²) in [6, 6.07) is 9.46. The molecule has 10 heteroatoms. The molecule has 0 fully saturated rings. The van der Waals surface area contributed by atoms with Gasteiger partial charge < -0.3 is 23.8 Å². The van der Waals surface area contributed by atoms with Crippen LogP contribution in [-0.2, 0) is 14.3 Å². The number of anilines is 1. The molecule has 2 aromatic carbocycles. The van der Waals surface area contributed by atoms with E-state index in [9.17, 15) is 14.4 Å². The Morgan fingerprint density at radius 3 is 2.29 bits per heavy atom. The van der Waals surface area contributed by atoms with Crippen molar-refractivity contribution in [3.8, 4) is 11.5 Å². The predicted molar refractivity (Wildman–Crippen MR) is 129 cm³/mol. The number of alkyl halides is 1. The van der Waals surface area contributed by atoms with Gasteiger partial charge in [0.05, 0.1) is 34.5 Å². The molecular formula is C24H27BrN2O7. The highest BCUT2D eigenvalue weighted by Gasteiger charge is 2.46. The van der Waals surface area contributed by atoms with Crippen LogP contribution in [0.4, 0.5) is 10.5 Å². The monoisotopic (exact) mass is 534 g/mol. The Morgan fingerprint density at radius 2 is 1.68 bits per heavy atom. The van der Waals surface area contributed by atoms with Gasteiger partial charge in [-0.3, -0.25) is 14.9 Å². The molecule has 0 spiro atoms. The van der Waals surface area contributed by atoms with Crippen molar-refractivity contribution in [3.63, 3.8) is 0 Å². The first-order valence-corrected chi connectivity index (χ1v) is 11.7. The van der Waals surface area contributed by atoms with E-state index in [2.05, 4.69) is 21.2 Å². The van der Waals surface area contributed by atoms with Crippen LogP contribution in [0.1, 0.15) is 39.9 Å². The molecule has 0 radical (unpaired) electrons. The summed E-state index contributed by atoms with van der Waals surface area (Å²) >= 11 is 3.42. The van der Waals surface area contributed by atoms with Crippen LogP contribution in [0.3, 0.4) is 0 Å². The summed E-state index contributed by atoms with van der Waals surface area (Å²) in [6.45, 7) is 0.364. The number of methoxy groups -OCH3 is 4. The van der Waals surface area contributed by atoms with Crippen molar-refractivity contribution in [2.75, 3.05) is 45.6 Å². The minimum absolute atomic E-state index is 0.269. The van der Waals surface area contributed by atoms with Gasteiger partial charge in [-0.2, -0.15) is 0 Å². The molecule has 3 rings (SSSR count). The molecule has 1 aliphatic heterocycles. The molecule has 0 saturated carbocycles. The number of halogens is 1. The third kappa shape index (κ3) is 4.82. The average molecular weight is 535 g/mol. The van der Waals surface area contributed by atoms with Gasteiger partial charge in [0.2, 0.25) is 0 Å². The summed E-state index contributed by atoms with van der Waals surface area (Å²) in [5, 5.41) is 3.35. The zero-order chi connectivity index (χ0) is 24.8. The van der Waals surface area contributed by atoms with Gasteiger partial charge in [0.1, 0.15) is 5.92 Å². The molecule has 182 valence electrons. The largest absolute Gasteiger partial charge is 0.493 e. The van der Waals surface area contributed by atoms with Gasteiger partial charge in [-0.15, -0.1) is 0 Å². The Balaban J connectivity index is 2.29. The maximum Gasteiger partial charge on any atom is 0.411 e. The summed E-state index contributed by atoms with van der Waals surface area (Å²) in [7, 11) is 5.53. The molecule has 9 nitrogen and oxygen atoms in total. The molecule has 34 heavy (non-hydrogen) atoms. The molecule has 2 aromatic rings. The van der Waals surface area contributed by atoms with Gasteiger partial charge in [-0.1, -0.05) is 34.1 Å². The molecule has 1 N–H and O–H groups in total. The van der Waals surface area contributed by atoms with Crippen LogP contribution in [0, 0.1) is 0 Å². The van der Waals surface area contributed by atoms with Crippen LogP contribution < -0.4 is 14.8 Å². The highest BCUT2D eigenvalue weighted by molar-refractivity contribution is 9.09. The van der Waals surface area contributed by atoms with Gasteiger partial charge >= 0.3 is 12.1 Å². The number of fused-ring (bicyclic) bond motifs is 1. The fourth-order valence-electron chi connectivity index (χ4n) is 4.20. The second kappa shape index (κ2) is 11.2. The lowest BCUT2D eigenvalue weighted by Gasteiger charge is -2.42. The van der Waals surface area contributed by atoms with Crippen LogP contribution in [0.25, 0.3) is 0 Å². The number of nitrogens with one attached hydrogen (secondary N) is 1. The molecule has 2 atom stereocenters. The lowest BCUT2D eigenvalue weighted by atomic mass is 9.79. The van der Waals surface area contributed by atoms with E-state index in [1.54, 1.807) is 41.3 Å². The van der Waals surface area contributed by atoms with Crippen molar-refractivity contribution in [2.45, 2.75) is 18.4 Å². The molecule has 0 aliphatic carbocycles. The topological polar surface area (TPSA) is 103 Å². The lowest BCUT2D eigenvalue weighted by molar-refractivity contribution is -0.144. The quantitative estimate of drug-likeness (QED) is 0.401. The van der Waals surface area contributed by atoms with E-state index < -0.39 is 24.0 Å². The first kappa shape index (κ1) is 25.4. The number of hydrogen-bond acceptors (Lipinski definition) is 7. The van der Waals surface area contributed by atoms with E-state index in [1.165, 1.54) is 28.4 Å². The Labute approximate surface area is 206 Å². The van der Waals surface area contributed by atoms with Crippen molar-refractivity contribution >= 4 is 39.6 Å². The first-order valence-electron chi connectivity index (χ1n) is 10.6. The first-order chi connectivity index (χ1) is 16.4. The van der Waals surface area contributed by atoms with Gasteiger partial charge in [-0.05, 0) is 35.7 Å². The Kier molecular flexibility index (Phi) is 8.38. The second-order valence-corrected chi connectivity index (χ2v) is 8.28. The molecular weight excluding hydrogens is 508 g/mol. The zero-order valence-electron chi connectivity index (χ0n) is 19.4. The Hall–Kier alpha value is -3.27. The van der Waals surface area contributed by atoms with Crippen LogP contribution in [0.5, 0.6) is 11.5 Å². The van der Waals surface area contributed by atoms with Crippen molar-refractivity contribution in [2.24, 2.45) is 0 Å². The van der Waals surface area contributed by atoms with E-state index in [4.69, 9.17) is 18.9 Å². The maximum atomic E-state index is 13.8. The number of nitrogens with zero attached hydrogens (tertiary/aromatic N) is 1. The number of benzene rings is 2. The normalized spacial score (nSPS) is 17.0. The molecule has 2 amide bonds. The minimum atomic E-state index is -0.881. The maximum absolute atomic E-state index is 13.8. The third-order valence-corrected chi connectivity index (χ3v) is 6.28. The van der Waals surface area contributed by atoms with E-state index in [0.29, 0.717) is 52.2 Å². The molecule has 1 aliphatic rings. The van der Waals surface area contributed by atoms with Crippen molar-refractivity contribution in [1.82, 2.24) is 4.90 Å². The molecule has 0 aromatic heterocycles. The van der Waals surface area contributed by atoms with Crippen molar-refractivity contribution in [3.05, 3.63) is 53.1 Å². The van der Waals surface area contributed by atoms with Crippen LogP contribution in [0.15, 0.2) is 36.4 Å². The van der Waals surface area contributed by atoms with Crippen LogP contribution in [0.2, 0.25) is 0 Å².